The number of halogens is 3. The fourth-order valence-electron chi connectivity index (χ4n) is 3.42. The lowest BCUT2D eigenvalue weighted by Crippen LogP contribution is -2.33. The van der Waals surface area contributed by atoms with Crippen molar-refractivity contribution in [3.63, 3.8) is 0 Å². The number of anilines is 1. The molecule has 2 aromatic heterocycles. The van der Waals surface area contributed by atoms with E-state index in [1.807, 2.05) is 0 Å². The normalized spacial score (nSPS) is 22.9. The third-order valence-electron chi connectivity index (χ3n) is 5.02. The van der Waals surface area contributed by atoms with Crippen LogP contribution in [0.2, 0.25) is 15.1 Å². The second-order valence-corrected chi connectivity index (χ2v) is 9.53. The molecular weight excluding hydrogens is 540 g/mol. The average molecular weight is 557 g/mol. The van der Waals surface area contributed by atoms with Gasteiger partial charge in [-0.2, -0.15) is 0 Å². The maximum absolute atomic E-state index is 11.2. The monoisotopic (exact) mass is 555 g/mol. The summed E-state index contributed by atoms with van der Waals surface area (Å²) in [6, 6.07) is 1.23. The van der Waals surface area contributed by atoms with Crippen LogP contribution in [-0.2, 0) is 15.8 Å². The highest BCUT2D eigenvalue weighted by molar-refractivity contribution is 7.46. The van der Waals surface area contributed by atoms with E-state index in [1.54, 1.807) is 0 Å². The zero-order valence-corrected chi connectivity index (χ0v) is 19.9. The van der Waals surface area contributed by atoms with Crippen LogP contribution in [0.25, 0.3) is 11.2 Å². The molecule has 0 aliphatic carbocycles. The molecule has 184 valence electrons. The quantitative estimate of drug-likeness (QED) is 0.230. The number of aliphatic hydroxyl groups is 3. The number of imidazole rings is 1. The van der Waals surface area contributed by atoms with E-state index in [0.29, 0.717) is 0 Å². The lowest BCUT2D eigenvalue weighted by Gasteiger charge is -2.17. The van der Waals surface area contributed by atoms with E-state index in [-0.39, 0.29) is 44.2 Å². The summed E-state index contributed by atoms with van der Waals surface area (Å²) in [7, 11) is -4.94. The maximum atomic E-state index is 11.2. The molecule has 0 amide bonds. The first-order valence-corrected chi connectivity index (χ1v) is 12.1. The van der Waals surface area contributed by atoms with E-state index in [2.05, 4.69) is 24.8 Å². The molecule has 34 heavy (non-hydrogen) atoms. The molecule has 17 heteroatoms. The Morgan fingerprint density at radius 3 is 2.53 bits per heavy atom. The number of aliphatic hydroxyl groups excluding tert-OH is 3. The van der Waals surface area contributed by atoms with Crippen molar-refractivity contribution in [3.05, 3.63) is 39.4 Å². The predicted molar refractivity (Wildman–Crippen MR) is 120 cm³/mol. The summed E-state index contributed by atoms with van der Waals surface area (Å²) in [5.74, 6) is -0.200. The van der Waals surface area contributed by atoms with Gasteiger partial charge < -0.3 is 29.9 Å². The Bertz CT molecular complexity index is 1270. The zero-order chi connectivity index (χ0) is 24.8. The Labute approximate surface area is 206 Å². The van der Waals surface area contributed by atoms with Crippen molar-refractivity contribution in [2.45, 2.75) is 31.1 Å². The van der Waals surface area contributed by atoms with E-state index in [0.717, 1.165) is 0 Å². The summed E-state index contributed by atoms with van der Waals surface area (Å²) in [6.07, 6.45) is -2.11. The van der Waals surface area contributed by atoms with Gasteiger partial charge in [0.05, 0.1) is 23.0 Å². The lowest BCUT2D eigenvalue weighted by atomic mass is 10.1. The summed E-state index contributed by atoms with van der Waals surface area (Å²) in [5, 5.41) is 32.3. The van der Waals surface area contributed by atoms with Crippen LogP contribution in [0.3, 0.4) is 0 Å². The van der Waals surface area contributed by atoms with Crippen molar-refractivity contribution in [2.24, 2.45) is 0 Å². The number of hydrogen-bond donors (Lipinski definition) is 6. The predicted octanol–water partition coefficient (Wildman–Crippen LogP) is 1.48. The van der Waals surface area contributed by atoms with Gasteiger partial charge in [-0.05, 0) is 6.07 Å². The number of aromatic nitrogens is 4. The van der Waals surface area contributed by atoms with Gasteiger partial charge in [-0.1, -0.05) is 34.8 Å². The number of rotatable bonds is 7. The highest BCUT2D eigenvalue weighted by atomic mass is 35.5. The van der Waals surface area contributed by atoms with Gasteiger partial charge in [0.1, 0.15) is 24.6 Å². The summed E-state index contributed by atoms with van der Waals surface area (Å²) < 4.78 is 22.7. The molecule has 0 saturated carbocycles. The Balaban J connectivity index is 1.63. The Kier molecular flexibility index (Phi) is 7.23. The van der Waals surface area contributed by atoms with E-state index in [9.17, 15) is 19.9 Å². The molecule has 0 spiro atoms. The second kappa shape index (κ2) is 9.70. The van der Waals surface area contributed by atoms with Crippen molar-refractivity contribution in [1.29, 1.82) is 0 Å². The molecule has 3 heterocycles. The van der Waals surface area contributed by atoms with E-state index < -0.39 is 44.7 Å². The molecule has 0 unspecified atom stereocenters. The van der Waals surface area contributed by atoms with Crippen LogP contribution in [0.5, 0.6) is 5.75 Å². The first-order chi connectivity index (χ1) is 16.0. The van der Waals surface area contributed by atoms with Gasteiger partial charge in [-0.3, -0.25) is 14.4 Å². The fourth-order valence-corrected chi connectivity index (χ4v) is 4.93. The molecule has 1 aliphatic heterocycles. The average Bonchev–Trinajstić information content (AvgIpc) is 3.32. The zero-order valence-electron chi connectivity index (χ0n) is 16.8. The largest absolute Gasteiger partial charge is 0.524 e. The molecule has 4 rings (SSSR count). The van der Waals surface area contributed by atoms with Crippen LogP contribution >= 0.6 is 42.6 Å². The van der Waals surface area contributed by atoms with E-state index >= 15 is 0 Å². The number of fused-ring (bicyclic) bond motifs is 1. The number of hydrogen-bond acceptors (Lipinski definition) is 10. The summed E-state index contributed by atoms with van der Waals surface area (Å²) in [4.78, 5) is 30.7. The molecule has 1 fully saturated rings. The fraction of sp³-hybridized carbons (Fsp3) is 0.353. The number of benzene rings is 1. The van der Waals surface area contributed by atoms with Gasteiger partial charge in [0, 0.05) is 17.1 Å². The van der Waals surface area contributed by atoms with Crippen molar-refractivity contribution < 1.29 is 38.9 Å². The number of nitrogens with one attached hydrogen (secondary N) is 1. The van der Waals surface area contributed by atoms with E-state index in [1.165, 1.54) is 23.3 Å². The van der Waals surface area contributed by atoms with E-state index in [4.69, 9.17) is 49.3 Å². The standard InChI is InChI=1S/C17H17Cl3N5O8P/c18-7-1-8(19)14(33-34(29,30)31)10(20)6(7)2-21-15-11-16(23-4-22-15)25(5-24-11)17-13(28)12(27)9(3-26)32-17/h1,4-5,9,12-13,17,26-28H,2-3H2,(H,21,22,23)(H2,29,30,31)/t9-,12-,13-,17-/m1/s1. The summed E-state index contributed by atoms with van der Waals surface area (Å²) in [6.45, 7) is -0.557. The first-order valence-electron chi connectivity index (χ1n) is 9.47. The SMILES string of the molecule is O=P(O)(O)Oc1c(Cl)cc(Cl)c(CNc2ncnc3c2ncn3[C@@H]2O[C@H](CO)[C@@H](O)[C@H]2O)c1Cl. The van der Waals surface area contributed by atoms with Crippen molar-refractivity contribution in [3.8, 4) is 5.75 Å². The molecule has 4 atom stereocenters. The van der Waals surface area contributed by atoms with Crippen LogP contribution in [0.1, 0.15) is 11.8 Å². The first kappa shape index (κ1) is 25.3. The molecule has 13 nitrogen and oxygen atoms in total. The molecule has 1 aliphatic rings. The van der Waals surface area contributed by atoms with Gasteiger partial charge in [-0.25, -0.2) is 19.5 Å². The molecule has 6 N–H and O–H groups in total. The Morgan fingerprint density at radius 1 is 1.15 bits per heavy atom. The number of phosphoric ester groups is 1. The molecule has 1 aromatic carbocycles. The smallest absolute Gasteiger partial charge is 0.401 e. The van der Waals surface area contributed by atoms with Crippen LogP contribution in [0, 0.1) is 0 Å². The second-order valence-electron chi connectivity index (χ2n) is 7.17. The van der Waals surface area contributed by atoms with Gasteiger partial charge in [0.2, 0.25) is 0 Å². The van der Waals surface area contributed by atoms with Crippen molar-refractivity contribution in [1.82, 2.24) is 19.5 Å². The number of ether oxygens (including phenoxy) is 1. The minimum Gasteiger partial charge on any atom is -0.401 e. The van der Waals surface area contributed by atoms with Crippen LogP contribution in [-0.4, -0.2) is 69.5 Å². The summed E-state index contributed by atoms with van der Waals surface area (Å²) >= 11 is 18.4. The van der Waals surface area contributed by atoms with Crippen molar-refractivity contribution in [2.75, 3.05) is 11.9 Å². The minimum atomic E-state index is -4.94. The van der Waals surface area contributed by atoms with Gasteiger partial charge in [0.25, 0.3) is 0 Å². The molecular formula is C17H17Cl3N5O8P. The highest BCUT2D eigenvalue weighted by Crippen LogP contribution is 2.47. The van der Waals surface area contributed by atoms with Gasteiger partial charge in [-0.15, -0.1) is 0 Å². The van der Waals surface area contributed by atoms with Crippen LogP contribution < -0.4 is 9.84 Å². The molecule has 0 bridgehead atoms. The lowest BCUT2D eigenvalue weighted by molar-refractivity contribution is -0.0511. The number of phosphoric acid groups is 1. The molecule has 1 saturated heterocycles. The van der Waals surface area contributed by atoms with Gasteiger partial charge >= 0.3 is 7.82 Å². The van der Waals surface area contributed by atoms with Gasteiger partial charge in [0.15, 0.2) is 29.0 Å². The third kappa shape index (κ3) is 4.82. The highest BCUT2D eigenvalue weighted by Gasteiger charge is 2.44. The minimum absolute atomic E-state index is 0.0703. The molecule has 3 aromatic rings. The Hall–Kier alpha value is -1.77. The summed E-state index contributed by atoms with van der Waals surface area (Å²) in [5.41, 5.74) is 0.741. The van der Waals surface area contributed by atoms with Crippen LogP contribution in [0.15, 0.2) is 18.7 Å². The molecule has 0 radical (unpaired) electrons. The maximum Gasteiger partial charge on any atom is 0.524 e. The number of nitrogens with zero attached hydrogens (tertiary/aromatic N) is 4. The third-order valence-corrected chi connectivity index (χ3v) is 6.45. The Morgan fingerprint density at radius 2 is 1.88 bits per heavy atom. The van der Waals surface area contributed by atoms with Crippen LogP contribution in [0.4, 0.5) is 5.82 Å². The van der Waals surface area contributed by atoms with Crippen molar-refractivity contribution >= 4 is 59.6 Å². The topological polar surface area (TPSA) is 192 Å².